The lowest BCUT2D eigenvalue weighted by Crippen LogP contribution is -2.11. The second kappa shape index (κ2) is 6.58. The van der Waals surface area contributed by atoms with Crippen LogP contribution in [0.1, 0.15) is 23.2 Å². The number of esters is 1. The van der Waals surface area contributed by atoms with E-state index in [1.165, 1.54) is 13.3 Å². The van der Waals surface area contributed by atoms with Gasteiger partial charge in [0.2, 0.25) is 0 Å². The van der Waals surface area contributed by atoms with Crippen LogP contribution in [0.3, 0.4) is 0 Å². The zero-order chi connectivity index (χ0) is 13.0. The summed E-state index contributed by atoms with van der Waals surface area (Å²) in [6.45, 7) is 0. The van der Waals surface area contributed by atoms with Crippen LogP contribution in [0.4, 0.5) is 8.78 Å². The van der Waals surface area contributed by atoms with Crippen LogP contribution < -0.4 is 0 Å². The molecule has 17 heavy (non-hydrogen) atoms. The second-order valence-corrected chi connectivity index (χ2v) is 4.86. The molecule has 0 aliphatic carbocycles. The quantitative estimate of drug-likeness (QED) is 0.427. The average molecular weight is 420 g/mol. The van der Waals surface area contributed by atoms with Gasteiger partial charge in [-0.05, 0) is 28.2 Å². The van der Waals surface area contributed by atoms with Crippen LogP contribution in [0.15, 0.2) is 6.20 Å². The van der Waals surface area contributed by atoms with Crippen molar-refractivity contribution in [2.45, 2.75) is 18.2 Å². The molecule has 0 bridgehead atoms. The molecule has 0 N–H and O–H groups in total. The van der Waals surface area contributed by atoms with E-state index in [9.17, 15) is 13.6 Å². The molecule has 3 nitrogen and oxygen atoms in total. The molecule has 1 heterocycles. The van der Waals surface area contributed by atoms with Crippen molar-refractivity contribution in [1.29, 1.82) is 0 Å². The maximum Gasteiger partial charge on any atom is 0.311 e. The van der Waals surface area contributed by atoms with Crippen molar-refractivity contribution < 1.29 is 18.3 Å². The lowest BCUT2D eigenvalue weighted by atomic mass is 10.1. The van der Waals surface area contributed by atoms with E-state index in [1.807, 2.05) is 0 Å². The summed E-state index contributed by atoms with van der Waals surface area (Å²) in [4.78, 5) is 15.2. The van der Waals surface area contributed by atoms with Gasteiger partial charge in [0, 0.05) is 20.7 Å². The molecule has 1 aromatic rings. The second-order valence-electron chi connectivity index (χ2n) is 3.13. The molecule has 0 atom stereocenters. The molecule has 0 fully saturated rings. The fourth-order valence-corrected chi connectivity index (χ4v) is 2.65. The Bertz CT molecular complexity index is 429. The van der Waals surface area contributed by atoms with Gasteiger partial charge in [0.25, 0.3) is 6.43 Å². The number of methoxy groups -OCH3 is 1. The van der Waals surface area contributed by atoms with Gasteiger partial charge in [-0.3, -0.25) is 9.78 Å². The number of aromatic nitrogens is 1. The summed E-state index contributed by atoms with van der Waals surface area (Å²) in [5.41, 5.74) is 0.609. The first kappa shape index (κ1) is 14.7. The molecular weight excluding hydrogens is 411 g/mol. The van der Waals surface area contributed by atoms with Gasteiger partial charge in [0.1, 0.15) is 0 Å². The highest BCUT2D eigenvalue weighted by Crippen LogP contribution is 2.30. The van der Waals surface area contributed by atoms with Crippen molar-refractivity contribution >= 4 is 44.5 Å². The summed E-state index contributed by atoms with van der Waals surface area (Å²) in [6.07, 6.45) is -1.35. The molecule has 0 aromatic carbocycles. The van der Waals surface area contributed by atoms with Crippen molar-refractivity contribution in [3.63, 3.8) is 0 Å². The van der Waals surface area contributed by atoms with Crippen LogP contribution in [0, 0.1) is 3.57 Å². The van der Waals surface area contributed by atoms with Gasteiger partial charge in [0.05, 0.1) is 19.2 Å². The van der Waals surface area contributed by atoms with Crippen molar-refractivity contribution in [2.75, 3.05) is 7.11 Å². The van der Waals surface area contributed by atoms with Gasteiger partial charge in [-0.15, -0.1) is 0 Å². The first-order valence-corrected chi connectivity index (χ1v) is 6.78. The van der Waals surface area contributed by atoms with E-state index in [1.54, 1.807) is 22.6 Å². The van der Waals surface area contributed by atoms with Gasteiger partial charge in [-0.1, -0.05) is 15.9 Å². The molecule has 0 amide bonds. The molecule has 0 saturated carbocycles. The fourth-order valence-electron chi connectivity index (χ4n) is 1.33. The zero-order valence-corrected chi connectivity index (χ0v) is 12.6. The molecule has 94 valence electrons. The number of halogens is 4. The van der Waals surface area contributed by atoms with Gasteiger partial charge in [0.15, 0.2) is 0 Å². The summed E-state index contributed by atoms with van der Waals surface area (Å²) in [5.74, 6) is -0.499. The van der Waals surface area contributed by atoms with Crippen molar-refractivity contribution in [1.82, 2.24) is 4.98 Å². The highest BCUT2D eigenvalue weighted by molar-refractivity contribution is 14.1. The van der Waals surface area contributed by atoms with E-state index in [0.717, 1.165) is 0 Å². The van der Waals surface area contributed by atoms with E-state index in [2.05, 4.69) is 25.7 Å². The number of pyridine rings is 1. The molecule has 0 radical (unpaired) electrons. The Hall–Kier alpha value is -0.310. The summed E-state index contributed by atoms with van der Waals surface area (Å²) in [7, 11) is 1.25. The molecule has 1 rings (SSSR count). The number of ether oxygens (including phenoxy) is 1. The third-order valence-corrected chi connectivity index (χ3v) is 3.58. The Morgan fingerprint density at radius 3 is 2.76 bits per heavy atom. The van der Waals surface area contributed by atoms with E-state index in [4.69, 9.17) is 0 Å². The topological polar surface area (TPSA) is 39.2 Å². The maximum absolute atomic E-state index is 12.9. The highest BCUT2D eigenvalue weighted by Gasteiger charge is 2.21. The summed E-state index contributed by atoms with van der Waals surface area (Å²) >= 11 is 4.95. The molecule has 0 aliphatic heterocycles. The number of alkyl halides is 3. The maximum atomic E-state index is 12.9. The Balaban J connectivity index is 3.23. The number of carbonyl (C=O) groups excluding carboxylic acids is 1. The number of carbonyl (C=O) groups is 1. The largest absolute Gasteiger partial charge is 0.469 e. The molecule has 7 heteroatoms. The smallest absolute Gasteiger partial charge is 0.311 e. The average Bonchev–Trinajstić information content (AvgIpc) is 2.30. The van der Waals surface area contributed by atoms with Gasteiger partial charge in [-0.2, -0.15) is 0 Å². The first-order valence-electron chi connectivity index (χ1n) is 4.58. The molecular formula is C10H9BrF2INO2. The third kappa shape index (κ3) is 3.57. The minimum Gasteiger partial charge on any atom is -0.469 e. The number of hydrogen-bond acceptors (Lipinski definition) is 3. The van der Waals surface area contributed by atoms with E-state index in [-0.39, 0.29) is 17.3 Å². The van der Waals surface area contributed by atoms with Gasteiger partial charge >= 0.3 is 5.97 Å². The molecule has 0 saturated heterocycles. The van der Waals surface area contributed by atoms with Crippen LogP contribution in [0.2, 0.25) is 0 Å². The van der Waals surface area contributed by atoms with Crippen LogP contribution >= 0.6 is 38.5 Å². The normalized spacial score (nSPS) is 10.7. The highest BCUT2D eigenvalue weighted by atomic mass is 127. The Labute approximate surface area is 119 Å². The van der Waals surface area contributed by atoms with Gasteiger partial charge < -0.3 is 4.74 Å². The van der Waals surface area contributed by atoms with E-state index < -0.39 is 12.4 Å². The standard InChI is InChI=1S/C10H9BrF2INO2/c1-17-8(16)2-7-5(3-11)9(10(12)13)6(14)4-15-7/h4,10H,2-3H2,1H3. The van der Waals surface area contributed by atoms with E-state index in [0.29, 0.717) is 14.8 Å². The Kier molecular flexibility index (Phi) is 5.71. The monoisotopic (exact) mass is 419 g/mol. The van der Waals surface area contributed by atoms with Crippen LogP contribution in [0.25, 0.3) is 0 Å². The van der Waals surface area contributed by atoms with Gasteiger partial charge in [-0.25, -0.2) is 8.78 Å². The zero-order valence-electron chi connectivity index (χ0n) is 8.84. The summed E-state index contributed by atoms with van der Waals surface area (Å²) in [6, 6.07) is 0. The first-order chi connectivity index (χ1) is 8.01. The number of nitrogens with zero attached hydrogens (tertiary/aromatic N) is 1. The molecule has 0 unspecified atom stereocenters. The van der Waals surface area contributed by atoms with E-state index >= 15 is 0 Å². The Morgan fingerprint density at radius 1 is 1.65 bits per heavy atom. The fraction of sp³-hybridized carbons (Fsp3) is 0.400. The molecule has 0 spiro atoms. The predicted octanol–water partition coefficient (Wildman–Crippen LogP) is 3.23. The SMILES string of the molecule is COC(=O)Cc1ncc(I)c(C(F)F)c1CBr. The minimum absolute atomic E-state index is 0.0728. The van der Waals surface area contributed by atoms with Crippen molar-refractivity contribution in [2.24, 2.45) is 0 Å². The predicted molar refractivity (Wildman–Crippen MR) is 70.3 cm³/mol. The van der Waals surface area contributed by atoms with Crippen molar-refractivity contribution in [3.8, 4) is 0 Å². The molecule has 1 aromatic heterocycles. The van der Waals surface area contributed by atoms with Crippen LogP contribution in [-0.4, -0.2) is 18.1 Å². The molecule has 0 aliphatic rings. The minimum atomic E-state index is -2.59. The number of hydrogen-bond donors (Lipinski definition) is 0. The number of rotatable bonds is 4. The third-order valence-electron chi connectivity index (χ3n) is 2.16. The van der Waals surface area contributed by atoms with Crippen LogP contribution in [0.5, 0.6) is 0 Å². The lowest BCUT2D eigenvalue weighted by Gasteiger charge is -2.12. The Morgan fingerprint density at radius 2 is 2.29 bits per heavy atom. The summed E-state index contributed by atoms with van der Waals surface area (Å²) in [5, 5.41) is 0.225. The van der Waals surface area contributed by atoms with Crippen molar-refractivity contribution in [3.05, 3.63) is 26.6 Å². The summed E-state index contributed by atoms with van der Waals surface area (Å²) < 4.78 is 30.7. The lowest BCUT2D eigenvalue weighted by molar-refractivity contribution is -0.139. The van der Waals surface area contributed by atoms with Crippen LogP contribution in [-0.2, 0) is 21.3 Å².